The van der Waals surface area contributed by atoms with Gasteiger partial charge in [-0.3, -0.25) is 4.79 Å². The molecule has 1 heterocycles. The number of hydrogen-bond acceptors (Lipinski definition) is 2. The molecule has 0 bridgehead atoms. The Morgan fingerprint density at radius 3 is 2.52 bits per heavy atom. The highest BCUT2D eigenvalue weighted by Gasteiger charge is 2.35. The second kappa shape index (κ2) is 6.80. The van der Waals surface area contributed by atoms with Crippen molar-refractivity contribution in [2.24, 2.45) is 5.41 Å². The molecule has 21 heavy (non-hydrogen) atoms. The quantitative estimate of drug-likeness (QED) is 0.874. The van der Waals surface area contributed by atoms with Crippen molar-refractivity contribution in [2.75, 3.05) is 18.4 Å². The molecule has 0 aromatic heterocycles. The molecule has 4 heteroatoms. The van der Waals surface area contributed by atoms with Crippen molar-refractivity contribution in [3.8, 4) is 0 Å². The second-order valence-electron chi connectivity index (χ2n) is 7.09. The number of benzene rings is 1. The lowest BCUT2D eigenvalue weighted by molar-refractivity contribution is -0.125. The molecule has 118 valence electrons. The molecule has 3 nitrogen and oxygen atoms in total. The van der Waals surface area contributed by atoms with Crippen molar-refractivity contribution in [3.05, 3.63) is 29.8 Å². The van der Waals surface area contributed by atoms with Crippen LogP contribution in [0.2, 0.25) is 0 Å². The van der Waals surface area contributed by atoms with Gasteiger partial charge in [-0.2, -0.15) is 0 Å². The highest BCUT2D eigenvalue weighted by molar-refractivity contribution is 5.96. The summed E-state index contributed by atoms with van der Waals surface area (Å²) in [7, 11) is 0. The van der Waals surface area contributed by atoms with Gasteiger partial charge in [-0.25, -0.2) is 0 Å². The van der Waals surface area contributed by atoms with E-state index in [1.54, 1.807) is 0 Å². The number of nitrogens with one attached hydrogen (secondary N) is 2. The summed E-state index contributed by atoms with van der Waals surface area (Å²) in [6.45, 7) is 10.3. The minimum atomic E-state index is -0.302. The van der Waals surface area contributed by atoms with Crippen molar-refractivity contribution < 1.29 is 4.79 Å². The van der Waals surface area contributed by atoms with Crippen molar-refractivity contribution in [1.82, 2.24) is 5.32 Å². The van der Waals surface area contributed by atoms with E-state index in [2.05, 4.69) is 37.5 Å². The van der Waals surface area contributed by atoms with Gasteiger partial charge in [0.1, 0.15) is 0 Å². The lowest BCUT2D eigenvalue weighted by Crippen LogP contribution is -2.46. The summed E-state index contributed by atoms with van der Waals surface area (Å²) in [5.74, 6) is 0.126. The van der Waals surface area contributed by atoms with Gasteiger partial charge >= 0.3 is 0 Å². The third-order valence-electron chi connectivity index (χ3n) is 4.13. The van der Waals surface area contributed by atoms with Crippen LogP contribution in [0.15, 0.2) is 24.3 Å². The predicted octanol–water partition coefficient (Wildman–Crippen LogP) is 3.73. The van der Waals surface area contributed by atoms with E-state index in [1.807, 2.05) is 25.1 Å². The number of hydrogen-bond donors (Lipinski definition) is 2. The number of carbonyl (C=O) groups is 1. The summed E-state index contributed by atoms with van der Waals surface area (Å²) in [6.07, 6.45) is 2.01. The Kier molecular flexibility index (Phi) is 5.83. The minimum Gasteiger partial charge on any atom is -0.325 e. The molecule has 0 spiro atoms. The van der Waals surface area contributed by atoms with Gasteiger partial charge in [0.15, 0.2) is 0 Å². The van der Waals surface area contributed by atoms with Crippen LogP contribution in [0.5, 0.6) is 0 Å². The molecule has 1 saturated heterocycles. The second-order valence-corrected chi connectivity index (χ2v) is 7.09. The molecule has 1 amide bonds. The van der Waals surface area contributed by atoms with Crippen LogP contribution in [0.3, 0.4) is 0 Å². The van der Waals surface area contributed by atoms with Crippen LogP contribution in [0, 0.1) is 5.41 Å². The Bertz CT molecular complexity index is 488. The number of rotatable bonds is 2. The molecule has 0 radical (unpaired) electrons. The maximum atomic E-state index is 12.6. The van der Waals surface area contributed by atoms with Crippen LogP contribution >= 0.6 is 12.4 Å². The Balaban J connectivity index is 0.00000220. The molecule has 0 aliphatic carbocycles. The third-order valence-corrected chi connectivity index (χ3v) is 4.13. The molecular formula is C17H27ClN2O. The normalized spacial score (nSPS) is 22.3. The number of anilines is 1. The molecule has 1 aromatic rings. The van der Waals surface area contributed by atoms with E-state index in [-0.39, 0.29) is 29.1 Å². The number of para-hydroxylation sites is 1. The number of halogens is 1. The first kappa shape index (κ1) is 18.0. The summed E-state index contributed by atoms with van der Waals surface area (Å²) < 4.78 is 0. The van der Waals surface area contributed by atoms with E-state index in [1.165, 1.54) is 5.56 Å². The molecule has 1 aliphatic heterocycles. The lowest BCUT2D eigenvalue weighted by Gasteiger charge is -2.33. The van der Waals surface area contributed by atoms with Crippen LogP contribution in [-0.2, 0) is 10.2 Å². The van der Waals surface area contributed by atoms with E-state index >= 15 is 0 Å². The Morgan fingerprint density at radius 2 is 1.95 bits per heavy atom. The molecule has 2 N–H and O–H groups in total. The van der Waals surface area contributed by atoms with Gasteiger partial charge in [0.05, 0.1) is 5.41 Å². The summed E-state index contributed by atoms with van der Waals surface area (Å²) >= 11 is 0. The smallest absolute Gasteiger partial charge is 0.231 e. The van der Waals surface area contributed by atoms with E-state index in [4.69, 9.17) is 0 Å². The summed E-state index contributed by atoms with van der Waals surface area (Å²) in [5.41, 5.74) is 1.84. The predicted molar refractivity (Wildman–Crippen MR) is 91.2 cm³/mol. The van der Waals surface area contributed by atoms with E-state index in [0.717, 1.165) is 31.6 Å². The fraction of sp³-hybridized carbons (Fsp3) is 0.588. The highest BCUT2D eigenvalue weighted by Crippen LogP contribution is 2.32. The molecule has 1 aromatic carbocycles. The van der Waals surface area contributed by atoms with Crippen molar-refractivity contribution in [2.45, 2.75) is 46.0 Å². The SMILES string of the molecule is CC1(C(=O)Nc2ccccc2C(C)(C)C)CCCNC1.Cl. The third kappa shape index (κ3) is 4.21. The summed E-state index contributed by atoms with van der Waals surface area (Å²) in [6, 6.07) is 8.10. The van der Waals surface area contributed by atoms with Crippen LogP contribution in [0.25, 0.3) is 0 Å². The number of carbonyl (C=O) groups excluding carboxylic acids is 1. The zero-order valence-corrected chi connectivity index (χ0v) is 14.3. The van der Waals surface area contributed by atoms with Crippen LogP contribution < -0.4 is 10.6 Å². The summed E-state index contributed by atoms with van der Waals surface area (Å²) in [4.78, 5) is 12.6. The van der Waals surface area contributed by atoms with Gasteiger partial charge in [-0.05, 0) is 43.4 Å². The fourth-order valence-corrected chi connectivity index (χ4v) is 2.77. The van der Waals surface area contributed by atoms with Gasteiger partial charge in [-0.1, -0.05) is 39.0 Å². The summed E-state index contributed by atoms with van der Waals surface area (Å²) in [5, 5.41) is 6.47. The van der Waals surface area contributed by atoms with Crippen molar-refractivity contribution >= 4 is 24.0 Å². The largest absolute Gasteiger partial charge is 0.325 e. The molecular weight excluding hydrogens is 284 g/mol. The van der Waals surface area contributed by atoms with Crippen LogP contribution in [0.4, 0.5) is 5.69 Å². The topological polar surface area (TPSA) is 41.1 Å². The molecule has 1 aliphatic rings. The Morgan fingerprint density at radius 1 is 1.29 bits per heavy atom. The Hall–Kier alpha value is -1.06. The Labute approximate surface area is 134 Å². The number of piperidine rings is 1. The zero-order chi connectivity index (χ0) is 14.8. The van der Waals surface area contributed by atoms with Crippen molar-refractivity contribution in [1.29, 1.82) is 0 Å². The monoisotopic (exact) mass is 310 g/mol. The first-order chi connectivity index (χ1) is 9.33. The van der Waals surface area contributed by atoms with Gasteiger partial charge in [-0.15, -0.1) is 12.4 Å². The molecule has 2 rings (SSSR count). The van der Waals surface area contributed by atoms with Gasteiger partial charge < -0.3 is 10.6 Å². The highest BCUT2D eigenvalue weighted by atomic mass is 35.5. The maximum Gasteiger partial charge on any atom is 0.231 e. The number of amides is 1. The van der Waals surface area contributed by atoms with Crippen LogP contribution in [-0.4, -0.2) is 19.0 Å². The van der Waals surface area contributed by atoms with Gasteiger partial charge in [0.25, 0.3) is 0 Å². The van der Waals surface area contributed by atoms with E-state index < -0.39 is 0 Å². The molecule has 1 atom stereocenters. The van der Waals surface area contributed by atoms with Gasteiger partial charge in [0, 0.05) is 12.2 Å². The first-order valence-electron chi connectivity index (χ1n) is 7.45. The van der Waals surface area contributed by atoms with Crippen molar-refractivity contribution in [3.63, 3.8) is 0 Å². The van der Waals surface area contributed by atoms with E-state index in [0.29, 0.717) is 0 Å². The average Bonchev–Trinajstić information content (AvgIpc) is 2.39. The van der Waals surface area contributed by atoms with Crippen LogP contribution in [0.1, 0.15) is 46.1 Å². The van der Waals surface area contributed by atoms with Gasteiger partial charge in [0.2, 0.25) is 5.91 Å². The molecule has 1 fully saturated rings. The maximum absolute atomic E-state index is 12.6. The fourth-order valence-electron chi connectivity index (χ4n) is 2.77. The minimum absolute atomic E-state index is 0. The standard InChI is InChI=1S/C17H26N2O.ClH/c1-16(2,3)13-8-5-6-9-14(13)19-15(20)17(4)10-7-11-18-12-17;/h5-6,8-9,18H,7,10-12H2,1-4H3,(H,19,20);1H. The molecule has 0 saturated carbocycles. The zero-order valence-electron chi connectivity index (χ0n) is 13.5. The van der Waals surface area contributed by atoms with E-state index in [9.17, 15) is 4.79 Å². The lowest BCUT2D eigenvalue weighted by atomic mass is 9.81. The molecule has 1 unspecified atom stereocenters. The average molecular weight is 311 g/mol. The first-order valence-corrected chi connectivity index (χ1v) is 7.45.